The summed E-state index contributed by atoms with van der Waals surface area (Å²) >= 11 is 0. The molecule has 1 aromatic heterocycles. The maximum atomic E-state index is 10.0. The zero-order valence-corrected chi connectivity index (χ0v) is 10.8. The fraction of sp³-hybridized carbons (Fsp3) is 0.857. The first-order valence-electron chi connectivity index (χ1n) is 7.36. The van der Waals surface area contributed by atoms with Crippen LogP contribution in [0.15, 0.2) is 4.52 Å². The molecule has 1 aromatic rings. The fourth-order valence-electron chi connectivity index (χ4n) is 3.32. The van der Waals surface area contributed by atoms with E-state index in [1.54, 1.807) is 0 Å². The van der Waals surface area contributed by atoms with Gasteiger partial charge in [0.25, 0.3) is 0 Å². The van der Waals surface area contributed by atoms with Crippen LogP contribution in [0.3, 0.4) is 0 Å². The highest BCUT2D eigenvalue weighted by Gasteiger charge is 2.30. The summed E-state index contributed by atoms with van der Waals surface area (Å²) in [6.45, 7) is 0. The number of hydrogen-bond acceptors (Lipinski definition) is 4. The molecule has 0 radical (unpaired) electrons. The molecule has 1 N–H and O–H groups in total. The van der Waals surface area contributed by atoms with E-state index in [0.717, 1.165) is 31.5 Å². The first-order valence-corrected chi connectivity index (χ1v) is 7.36. The van der Waals surface area contributed by atoms with Gasteiger partial charge in [-0.1, -0.05) is 37.3 Å². The normalized spacial score (nSPS) is 30.5. The van der Waals surface area contributed by atoms with Gasteiger partial charge >= 0.3 is 0 Å². The lowest BCUT2D eigenvalue weighted by Crippen LogP contribution is -2.22. The molecule has 0 spiro atoms. The van der Waals surface area contributed by atoms with Gasteiger partial charge in [-0.05, 0) is 25.7 Å². The molecule has 3 rings (SSSR count). The molecule has 0 aromatic carbocycles. The van der Waals surface area contributed by atoms with Crippen molar-refractivity contribution in [2.45, 2.75) is 75.7 Å². The van der Waals surface area contributed by atoms with Crippen LogP contribution in [0.1, 0.15) is 81.3 Å². The lowest BCUT2D eigenvalue weighted by Gasteiger charge is -2.24. The first-order chi connectivity index (χ1) is 8.84. The van der Waals surface area contributed by atoms with Crippen LogP contribution in [-0.4, -0.2) is 21.4 Å². The molecule has 4 heteroatoms. The smallest absolute Gasteiger partial charge is 0.232 e. The van der Waals surface area contributed by atoms with Gasteiger partial charge in [0.2, 0.25) is 5.89 Å². The van der Waals surface area contributed by atoms with Crippen molar-refractivity contribution >= 4 is 0 Å². The molecular formula is C14H22N2O2. The Bertz CT molecular complexity index is 385. The molecular weight excluding hydrogens is 228 g/mol. The zero-order chi connectivity index (χ0) is 12.4. The minimum absolute atomic E-state index is 0.0728. The molecule has 0 bridgehead atoms. The van der Waals surface area contributed by atoms with Crippen LogP contribution in [0, 0.1) is 0 Å². The molecule has 0 aliphatic heterocycles. The molecule has 0 amide bonds. The minimum Gasteiger partial charge on any atom is -0.392 e. The highest BCUT2D eigenvalue weighted by atomic mass is 16.5. The van der Waals surface area contributed by atoms with Gasteiger partial charge in [-0.15, -0.1) is 0 Å². The van der Waals surface area contributed by atoms with Crippen molar-refractivity contribution in [1.82, 2.24) is 10.1 Å². The predicted molar refractivity (Wildman–Crippen MR) is 67.3 cm³/mol. The Morgan fingerprint density at radius 1 is 0.944 bits per heavy atom. The Balaban J connectivity index is 1.71. The van der Waals surface area contributed by atoms with Gasteiger partial charge in [-0.3, -0.25) is 0 Å². The largest absolute Gasteiger partial charge is 0.392 e. The molecule has 1 heterocycles. The minimum atomic E-state index is -0.293. The van der Waals surface area contributed by atoms with E-state index in [1.807, 2.05) is 0 Å². The molecule has 2 fully saturated rings. The number of rotatable bonds is 2. The van der Waals surface area contributed by atoms with Gasteiger partial charge in [0.05, 0.1) is 12.0 Å². The summed E-state index contributed by atoms with van der Waals surface area (Å²) in [5.74, 6) is 2.10. The van der Waals surface area contributed by atoms with Crippen molar-refractivity contribution < 1.29 is 9.63 Å². The third-order valence-corrected chi connectivity index (χ3v) is 4.47. The van der Waals surface area contributed by atoms with Crippen LogP contribution in [0.5, 0.6) is 0 Å². The Hall–Kier alpha value is -0.900. The van der Waals surface area contributed by atoms with Crippen LogP contribution in [0.4, 0.5) is 0 Å². The summed E-state index contributed by atoms with van der Waals surface area (Å²) in [5.41, 5.74) is 0. The zero-order valence-electron chi connectivity index (χ0n) is 10.8. The van der Waals surface area contributed by atoms with Crippen LogP contribution < -0.4 is 0 Å². The van der Waals surface area contributed by atoms with Crippen molar-refractivity contribution in [3.63, 3.8) is 0 Å². The Morgan fingerprint density at radius 2 is 1.67 bits per heavy atom. The third-order valence-electron chi connectivity index (χ3n) is 4.47. The fourth-order valence-corrected chi connectivity index (χ4v) is 3.32. The maximum absolute atomic E-state index is 10.0. The molecule has 2 unspecified atom stereocenters. The highest BCUT2D eigenvalue weighted by Crippen LogP contribution is 2.35. The lowest BCUT2D eigenvalue weighted by molar-refractivity contribution is 0.0908. The second-order valence-corrected chi connectivity index (χ2v) is 5.78. The quantitative estimate of drug-likeness (QED) is 0.876. The summed E-state index contributed by atoms with van der Waals surface area (Å²) in [7, 11) is 0. The van der Waals surface area contributed by atoms with Gasteiger partial charge in [0.1, 0.15) is 0 Å². The number of aliphatic hydroxyl groups excluding tert-OH is 1. The summed E-state index contributed by atoms with van der Waals surface area (Å²) in [6, 6.07) is 0. The Kier molecular flexibility index (Phi) is 3.64. The van der Waals surface area contributed by atoms with Crippen molar-refractivity contribution in [2.75, 3.05) is 0 Å². The average Bonchev–Trinajstić information content (AvgIpc) is 2.90. The van der Waals surface area contributed by atoms with Gasteiger partial charge in [-0.2, -0.15) is 4.98 Å². The van der Waals surface area contributed by atoms with Crippen molar-refractivity contribution in [1.29, 1.82) is 0 Å². The second-order valence-electron chi connectivity index (χ2n) is 5.78. The first kappa shape index (κ1) is 12.2. The summed E-state index contributed by atoms with van der Waals surface area (Å²) in [6.07, 6.45) is 10.1. The number of aliphatic hydroxyl groups is 1. The summed E-state index contributed by atoms with van der Waals surface area (Å²) in [5, 5.41) is 14.2. The summed E-state index contributed by atoms with van der Waals surface area (Å²) in [4.78, 5) is 4.57. The Labute approximate surface area is 108 Å². The number of hydrogen-bond donors (Lipinski definition) is 1. The SMILES string of the molecule is OC1CCCCC1c1nc(C2CCCCC2)no1. The van der Waals surface area contributed by atoms with Crippen LogP contribution in [-0.2, 0) is 0 Å². The van der Waals surface area contributed by atoms with Crippen molar-refractivity contribution in [3.05, 3.63) is 11.7 Å². The van der Waals surface area contributed by atoms with E-state index in [-0.39, 0.29) is 12.0 Å². The van der Waals surface area contributed by atoms with E-state index in [4.69, 9.17) is 4.52 Å². The third kappa shape index (κ3) is 2.44. The summed E-state index contributed by atoms with van der Waals surface area (Å²) < 4.78 is 5.41. The predicted octanol–water partition coefficient (Wildman–Crippen LogP) is 3.14. The molecule has 2 atom stereocenters. The molecule has 18 heavy (non-hydrogen) atoms. The molecule has 100 valence electrons. The van der Waals surface area contributed by atoms with E-state index < -0.39 is 0 Å². The van der Waals surface area contributed by atoms with Crippen LogP contribution in [0.25, 0.3) is 0 Å². The van der Waals surface area contributed by atoms with Gasteiger partial charge in [-0.25, -0.2) is 0 Å². The van der Waals surface area contributed by atoms with Crippen LogP contribution in [0.2, 0.25) is 0 Å². The molecule has 2 aliphatic carbocycles. The Morgan fingerprint density at radius 3 is 2.44 bits per heavy atom. The van der Waals surface area contributed by atoms with E-state index in [1.165, 1.54) is 32.1 Å². The maximum Gasteiger partial charge on any atom is 0.232 e. The van der Waals surface area contributed by atoms with Gasteiger partial charge in [0, 0.05) is 5.92 Å². The molecule has 2 aliphatic rings. The molecule has 4 nitrogen and oxygen atoms in total. The van der Waals surface area contributed by atoms with E-state index in [9.17, 15) is 5.11 Å². The molecule has 0 saturated heterocycles. The van der Waals surface area contributed by atoms with Gasteiger partial charge in [0.15, 0.2) is 5.82 Å². The average molecular weight is 250 g/mol. The van der Waals surface area contributed by atoms with Crippen molar-refractivity contribution in [3.8, 4) is 0 Å². The number of aromatic nitrogens is 2. The molecule has 2 saturated carbocycles. The standard InChI is InChI=1S/C14H22N2O2/c17-12-9-5-4-8-11(12)14-15-13(16-18-14)10-6-2-1-3-7-10/h10-12,17H,1-9H2. The van der Waals surface area contributed by atoms with E-state index in [2.05, 4.69) is 10.1 Å². The van der Waals surface area contributed by atoms with Gasteiger partial charge < -0.3 is 9.63 Å². The van der Waals surface area contributed by atoms with Crippen LogP contribution >= 0.6 is 0 Å². The van der Waals surface area contributed by atoms with E-state index in [0.29, 0.717) is 11.8 Å². The monoisotopic (exact) mass is 250 g/mol. The second kappa shape index (κ2) is 5.39. The topological polar surface area (TPSA) is 59.2 Å². The van der Waals surface area contributed by atoms with E-state index >= 15 is 0 Å². The lowest BCUT2D eigenvalue weighted by atomic mass is 9.86. The number of nitrogens with zero attached hydrogens (tertiary/aromatic N) is 2. The van der Waals surface area contributed by atoms with Crippen molar-refractivity contribution in [2.24, 2.45) is 0 Å². The highest BCUT2D eigenvalue weighted by molar-refractivity contribution is 5.03.